The third-order valence-corrected chi connectivity index (χ3v) is 4.20. The average Bonchev–Trinajstić information content (AvgIpc) is 2.60. The zero-order chi connectivity index (χ0) is 18.7. The van der Waals surface area contributed by atoms with E-state index in [-0.39, 0.29) is 11.4 Å². The molecule has 0 spiro atoms. The van der Waals surface area contributed by atoms with Crippen molar-refractivity contribution in [2.24, 2.45) is 0 Å². The van der Waals surface area contributed by atoms with Gasteiger partial charge in [0, 0.05) is 12.5 Å². The zero-order valence-electron chi connectivity index (χ0n) is 15.8. The topological polar surface area (TPSA) is 34.9 Å². The van der Waals surface area contributed by atoms with E-state index in [0.717, 1.165) is 16.8 Å². The lowest BCUT2D eigenvalue weighted by atomic mass is 10.1. The lowest BCUT2D eigenvalue weighted by molar-refractivity contribution is 0.620. The smallest absolute Gasteiger partial charge is 0.265 e. The van der Waals surface area contributed by atoms with Gasteiger partial charge in [0.15, 0.2) is 0 Å². The van der Waals surface area contributed by atoms with Crippen molar-refractivity contribution < 1.29 is 4.39 Å². The molecule has 0 saturated carbocycles. The molecule has 0 fully saturated rings. The van der Waals surface area contributed by atoms with Crippen molar-refractivity contribution in [2.75, 3.05) is 0 Å². The van der Waals surface area contributed by atoms with Crippen LogP contribution < -0.4 is 5.56 Å². The van der Waals surface area contributed by atoms with E-state index < -0.39 is 0 Å². The molecule has 0 atom stereocenters. The molecule has 0 N–H and O–H groups in total. The Morgan fingerprint density at radius 1 is 1.04 bits per heavy atom. The van der Waals surface area contributed by atoms with E-state index in [2.05, 4.69) is 4.98 Å². The number of aryl methyl sites for hydroxylation is 4. The second kappa shape index (κ2) is 7.60. The number of para-hydroxylation sites is 1. The van der Waals surface area contributed by atoms with Gasteiger partial charge in [0.1, 0.15) is 11.6 Å². The summed E-state index contributed by atoms with van der Waals surface area (Å²) in [6.07, 6.45) is 0.592. The van der Waals surface area contributed by atoms with E-state index in [4.69, 9.17) is 0 Å². The molecule has 3 rings (SSSR count). The standard InChI is InChI=1S/C19H19FN2O.C2H6/c1-5-17-21-16-10-15(20)13(4)9-14(16)19(23)22(17)18-11(2)7-6-8-12(18)3;1-2/h6-10H,5H2,1-4H3;1-2H3. The number of halogens is 1. The number of rotatable bonds is 2. The van der Waals surface area contributed by atoms with Crippen molar-refractivity contribution >= 4 is 10.9 Å². The maximum atomic E-state index is 13.8. The summed E-state index contributed by atoms with van der Waals surface area (Å²) in [6, 6.07) is 8.87. The molecule has 0 bridgehead atoms. The van der Waals surface area contributed by atoms with Crippen LogP contribution in [-0.2, 0) is 6.42 Å². The fourth-order valence-electron chi connectivity index (χ4n) is 2.99. The van der Waals surface area contributed by atoms with Crippen LogP contribution in [0.5, 0.6) is 0 Å². The second-order valence-electron chi connectivity index (χ2n) is 5.88. The molecule has 0 aliphatic heterocycles. The average molecular weight is 340 g/mol. The van der Waals surface area contributed by atoms with Crippen LogP contribution in [0.15, 0.2) is 35.1 Å². The maximum absolute atomic E-state index is 13.8. The first kappa shape index (κ1) is 18.8. The molecule has 25 heavy (non-hydrogen) atoms. The summed E-state index contributed by atoms with van der Waals surface area (Å²) in [4.78, 5) is 17.6. The Labute approximate surface area is 148 Å². The van der Waals surface area contributed by atoms with Gasteiger partial charge < -0.3 is 0 Å². The Balaban J connectivity index is 0.00000109. The molecule has 132 valence electrons. The molecule has 1 aromatic heterocycles. The van der Waals surface area contributed by atoms with E-state index in [0.29, 0.717) is 28.7 Å². The number of nitrogens with zero attached hydrogens (tertiary/aromatic N) is 2. The van der Waals surface area contributed by atoms with Gasteiger partial charge in [0.25, 0.3) is 5.56 Å². The Hall–Kier alpha value is -2.49. The number of aromatic nitrogens is 2. The fourth-order valence-corrected chi connectivity index (χ4v) is 2.99. The summed E-state index contributed by atoms with van der Waals surface area (Å²) in [6.45, 7) is 11.6. The van der Waals surface area contributed by atoms with Crippen LogP contribution in [0.1, 0.15) is 43.3 Å². The van der Waals surface area contributed by atoms with Crippen LogP contribution in [0.3, 0.4) is 0 Å². The van der Waals surface area contributed by atoms with Gasteiger partial charge in [0.05, 0.1) is 16.6 Å². The fraction of sp³-hybridized carbons (Fsp3) is 0.333. The van der Waals surface area contributed by atoms with Gasteiger partial charge in [0.2, 0.25) is 0 Å². The van der Waals surface area contributed by atoms with Gasteiger partial charge in [-0.15, -0.1) is 0 Å². The van der Waals surface area contributed by atoms with E-state index in [1.165, 1.54) is 6.07 Å². The molecule has 0 radical (unpaired) electrons. The zero-order valence-corrected chi connectivity index (χ0v) is 15.8. The Kier molecular flexibility index (Phi) is 5.73. The highest BCUT2D eigenvalue weighted by Gasteiger charge is 2.16. The van der Waals surface area contributed by atoms with E-state index >= 15 is 0 Å². The highest BCUT2D eigenvalue weighted by Crippen LogP contribution is 2.21. The van der Waals surface area contributed by atoms with Gasteiger partial charge >= 0.3 is 0 Å². The first-order chi connectivity index (χ1) is 11.9. The van der Waals surface area contributed by atoms with Gasteiger partial charge in [-0.2, -0.15) is 0 Å². The Morgan fingerprint density at radius 3 is 2.20 bits per heavy atom. The van der Waals surface area contributed by atoms with Gasteiger partial charge in [-0.05, 0) is 43.5 Å². The van der Waals surface area contributed by atoms with Crippen LogP contribution >= 0.6 is 0 Å². The third-order valence-electron chi connectivity index (χ3n) is 4.20. The van der Waals surface area contributed by atoms with Crippen molar-refractivity contribution in [3.05, 3.63) is 69.0 Å². The quantitative estimate of drug-likeness (QED) is 0.655. The van der Waals surface area contributed by atoms with Crippen molar-refractivity contribution in [1.82, 2.24) is 9.55 Å². The summed E-state index contributed by atoms with van der Waals surface area (Å²) in [5.41, 5.74) is 3.62. The molecular formula is C21H25FN2O. The first-order valence-corrected chi connectivity index (χ1v) is 8.72. The summed E-state index contributed by atoms with van der Waals surface area (Å²) in [5.74, 6) is 0.305. The maximum Gasteiger partial charge on any atom is 0.265 e. The van der Waals surface area contributed by atoms with Crippen molar-refractivity contribution in [3.63, 3.8) is 0 Å². The molecule has 0 aliphatic carbocycles. The predicted molar refractivity (Wildman–Crippen MR) is 102 cm³/mol. The molecule has 4 heteroatoms. The molecule has 2 aromatic carbocycles. The SMILES string of the molecule is CC.CCc1nc2cc(F)c(C)cc2c(=O)n1-c1c(C)cccc1C. The van der Waals surface area contributed by atoms with Crippen LogP contribution in [0.2, 0.25) is 0 Å². The molecule has 3 aromatic rings. The van der Waals surface area contributed by atoms with Crippen molar-refractivity contribution in [2.45, 2.75) is 48.0 Å². The molecule has 0 saturated heterocycles. The second-order valence-corrected chi connectivity index (χ2v) is 5.88. The van der Waals surface area contributed by atoms with Crippen molar-refractivity contribution in [1.29, 1.82) is 0 Å². The van der Waals surface area contributed by atoms with Crippen LogP contribution in [0.25, 0.3) is 16.6 Å². The molecule has 0 aliphatic rings. The number of hydrogen-bond donors (Lipinski definition) is 0. The minimum absolute atomic E-state index is 0.146. The Morgan fingerprint density at radius 2 is 1.64 bits per heavy atom. The summed E-state index contributed by atoms with van der Waals surface area (Å²) in [5, 5.41) is 0.448. The minimum Gasteiger partial charge on any atom is -0.268 e. The van der Waals surface area contributed by atoms with Gasteiger partial charge in [-0.3, -0.25) is 9.36 Å². The summed E-state index contributed by atoms with van der Waals surface area (Å²) < 4.78 is 15.5. The van der Waals surface area contributed by atoms with Crippen LogP contribution in [-0.4, -0.2) is 9.55 Å². The lowest BCUT2D eigenvalue weighted by Gasteiger charge is -2.17. The van der Waals surface area contributed by atoms with Crippen molar-refractivity contribution in [3.8, 4) is 5.69 Å². The molecular weight excluding hydrogens is 315 g/mol. The first-order valence-electron chi connectivity index (χ1n) is 8.72. The minimum atomic E-state index is -0.337. The molecule has 0 amide bonds. The molecule has 1 heterocycles. The van der Waals surface area contributed by atoms with Gasteiger partial charge in [-0.1, -0.05) is 39.0 Å². The highest BCUT2D eigenvalue weighted by molar-refractivity contribution is 5.79. The summed E-state index contributed by atoms with van der Waals surface area (Å²) in [7, 11) is 0. The molecule has 0 unspecified atom stereocenters. The summed E-state index contributed by atoms with van der Waals surface area (Å²) >= 11 is 0. The number of hydrogen-bond acceptors (Lipinski definition) is 2. The van der Waals surface area contributed by atoms with Crippen LogP contribution in [0.4, 0.5) is 4.39 Å². The normalized spacial score (nSPS) is 10.5. The Bertz CT molecular complexity index is 954. The monoisotopic (exact) mass is 340 g/mol. The van der Waals surface area contributed by atoms with Crippen LogP contribution in [0, 0.1) is 26.6 Å². The number of fused-ring (bicyclic) bond motifs is 1. The highest BCUT2D eigenvalue weighted by atomic mass is 19.1. The molecule has 3 nitrogen and oxygen atoms in total. The number of benzene rings is 2. The van der Waals surface area contributed by atoms with Gasteiger partial charge in [-0.25, -0.2) is 9.37 Å². The van der Waals surface area contributed by atoms with E-state index in [1.807, 2.05) is 52.8 Å². The van der Waals surface area contributed by atoms with E-state index in [9.17, 15) is 9.18 Å². The van der Waals surface area contributed by atoms with E-state index in [1.54, 1.807) is 17.6 Å². The lowest BCUT2D eigenvalue weighted by Crippen LogP contribution is -2.25. The largest absolute Gasteiger partial charge is 0.268 e. The predicted octanol–water partition coefficient (Wildman–Crippen LogP) is 5.04. The third kappa shape index (κ3) is 3.34.